The van der Waals surface area contributed by atoms with E-state index >= 15 is 0 Å². The number of thioether (sulfide) groups is 1. The molecule has 149 heavy (non-hydrogen) atoms. The van der Waals surface area contributed by atoms with Crippen LogP contribution in [0.15, 0.2) is 159 Å². The van der Waals surface area contributed by atoms with E-state index in [1.807, 2.05) is 101 Å². The first kappa shape index (κ1) is 104. The zero-order valence-corrected chi connectivity index (χ0v) is 87.5. The highest BCUT2D eigenvalue weighted by atomic mass is 32.2. The fraction of sp³-hybridized carbons (Fsp3) is 0.410. The standard InChI is InChI=1S/C36H42N10O4S.C35H40N10O3S.C34H41N11O3S/c1-22(2)50-26-7-5-24(17-27(26)49-4)31(38)32-25(37)6-8-29(41-32)46-16-12-36(35(46)48)11-15-44(20-36)19-30(47)45-13-9-23(10-14-45)34-39-18-28(51-34)33-40-21-43(3)42-33;1-22(2)48-29-7-4-24(16-38-29)31(37)32-25(36)5-6-28(41-32)45-15-11-35(34(45)47)10-14-43(20-35)19-30(46)44-12-8-23(9-13-44)33-39-17-27(49-33)26-18-42(3)21-40-26;1-21(2)48-24-6-4-22(5-7-24)28(36)29-25(35)8-9-26(40-29)45-17-13-34(33(45)47)12-16-43(19-34)18-27(46)44-14-10-23(11-15-44)30(37)49-31(38)32-39-20-42(3)41-32/h5-9,17-18,21-22,38H,10-16,19-20,37H2,1-4H3;4-8,16-18,21-22,37H,9-15,19-20,36H2,1-3H3;4-10,20-21,36-38H,11-19,35H2,1-3H3/t36-;35-;34-/m000/s1. The SMILES string of the molecule is CC(C)Oc1ccc(C(=N)c2nc(N3CC[C@]4(CCN(CC(=O)N5CC=C(C(=N)SC(=N)c6ncn(C)n6)CC5)C4)C3=O)ccc2N)cc1.CC(C)Oc1ccc(C(=N)c2nc(N3CC[C@]4(CCN(CC(=O)N5CC=C(c6ncc(-c7cn(C)cn7)s6)CC5)C4)C3=O)ccc2N)cn1.COc1cc(C(=N)c2nc(N3CC[C@]4(CCN(CC(=O)N5CC=C(c6ncc(-c7ncn(C)n7)s6)CC5)C4)C3=O)ccc2N)ccc1OC(C)C. The molecule has 0 bridgehead atoms. The van der Waals surface area contributed by atoms with Crippen molar-refractivity contribution in [2.24, 2.45) is 37.4 Å². The number of nitrogens with two attached hydrogens (primary N) is 3. The molecule has 0 saturated carbocycles. The summed E-state index contributed by atoms with van der Waals surface area (Å²) in [5, 5.41) is 53.9. The molecule has 18 heterocycles. The molecule has 9 aliphatic rings. The zero-order valence-electron chi connectivity index (χ0n) is 85.1. The summed E-state index contributed by atoms with van der Waals surface area (Å²) in [4.78, 5) is 141. The largest absolute Gasteiger partial charge is 0.493 e. The Labute approximate surface area is 875 Å². The second-order valence-electron chi connectivity index (χ2n) is 39.8. The lowest BCUT2D eigenvalue weighted by Crippen LogP contribution is -2.43. The minimum Gasteiger partial charge on any atom is -0.493 e. The van der Waals surface area contributed by atoms with Crippen LogP contribution in [0.1, 0.15) is 149 Å². The molecule has 0 unspecified atom stereocenters. The van der Waals surface area contributed by atoms with E-state index in [0.29, 0.717) is 240 Å². The summed E-state index contributed by atoms with van der Waals surface area (Å²) in [5.41, 5.74) is 25.2. The van der Waals surface area contributed by atoms with E-state index in [4.69, 9.17) is 73.2 Å². The molecule has 11 N–H and O–H groups in total. The highest BCUT2D eigenvalue weighted by Crippen LogP contribution is 2.47. The van der Waals surface area contributed by atoms with Crippen molar-refractivity contribution in [3.05, 3.63) is 208 Å². The average Bonchev–Trinajstić information content (AvgIpc) is 1.61. The summed E-state index contributed by atoms with van der Waals surface area (Å²) in [6, 6.07) is 26.3. The molecule has 6 saturated heterocycles. The molecule has 41 nitrogen and oxygen atoms in total. The number of imidazole rings is 1. The number of benzene rings is 2. The third-order valence-corrected chi connectivity index (χ3v) is 31.2. The molecule has 44 heteroatoms. The Morgan fingerprint density at radius 3 is 1.33 bits per heavy atom. The smallest absolute Gasteiger partial charge is 0.237 e. The van der Waals surface area contributed by atoms with Crippen molar-refractivity contribution in [1.82, 2.24) is 98.4 Å². The van der Waals surface area contributed by atoms with E-state index in [0.717, 1.165) is 66.8 Å². The van der Waals surface area contributed by atoms with Gasteiger partial charge in [0.05, 0.1) is 122 Å². The van der Waals surface area contributed by atoms with Crippen LogP contribution in [0.3, 0.4) is 0 Å². The van der Waals surface area contributed by atoms with Gasteiger partial charge in [-0.1, -0.05) is 18.2 Å². The topological polar surface area (TPSA) is 522 Å². The van der Waals surface area contributed by atoms with Crippen LogP contribution < -0.4 is 50.8 Å². The number of aromatic nitrogens is 14. The molecule has 3 atom stereocenters. The molecule has 0 radical (unpaired) electrons. The van der Waals surface area contributed by atoms with E-state index in [1.54, 1.807) is 165 Å². The molecule has 11 aromatic rings. The number of hydrogen-bond acceptors (Lipinski definition) is 35. The van der Waals surface area contributed by atoms with E-state index < -0.39 is 16.2 Å². The van der Waals surface area contributed by atoms with Crippen LogP contribution in [0.5, 0.6) is 23.1 Å². The number of carbonyl (C=O) groups is 6. The molecule has 776 valence electrons. The van der Waals surface area contributed by atoms with Gasteiger partial charge < -0.3 is 55.4 Å². The van der Waals surface area contributed by atoms with E-state index in [-0.39, 0.29) is 106 Å². The van der Waals surface area contributed by atoms with Crippen molar-refractivity contribution >= 4 is 143 Å². The quantitative estimate of drug-likeness (QED) is 0.0167. The van der Waals surface area contributed by atoms with Crippen LogP contribution in [0.4, 0.5) is 34.5 Å². The molecular formula is C105H123N31O10S3. The summed E-state index contributed by atoms with van der Waals surface area (Å²) in [7, 11) is 7.07. The Kier molecular flexibility index (Phi) is 30.8. The number of hydrogen-bond donors (Lipinski definition) is 8. The number of likely N-dealkylation sites (tertiary alicyclic amines) is 3. The molecule has 3 spiro atoms. The summed E-state index contributed by atoms with van der Waals surface area (Å²) in [5.74, 6) is 4.75. The monoisotopic (exact) mass is 2070 g/mol. The van der Waals surface area contributed by atoms with E-state index in [1.165, 1.54) is 11.0 Å². The maximum atomic E-state index is 14.0. The van der Waals surface area contributed by atoms with Crippen molar-refractivity contribution in [3.8, 4) is 44.4 Å². The third kappa shape index (κ3) is 23.0. The lowest BCUT2D eigenvalue weighted by molar-refractivity contribution is -0.133. The number of amides is 6. The van der Waals surface area contributed by atoms with Crippen molar-refractivity contribution < 1.29 is 47.7 Å². The maximum absolute atomic E-state index is 14.0. The van der Waals surface area contributed by atoms with Crippen LogP contribution in [-0.4, -0.2) is 304 Å². The maximum Gasteiger partial charge on any atom is 0.237 e. The fourth-order valence-corrected chi connectivity index (χ4v) is 22.8. The number of pyridine rings is 4. The first-order chi connectivity index (χ1) is 71.5. The van der Waals surface area contributed by atoms with E-state index in [2.05, 4.69) is 71.9 Å². The van der Waals surface area contributed by atoms with Crippen LogP contribution in [-0.2, 0) is 49.9 Å². The second-order valence-corrected chi connectivity index (χ2v) is 42.8. The number of aryl methyl sites for hydroxylation is 3. The van der Waals surface area contributed by atoms with Gasteiger partial charge in [0.1, 0.15) is 68.0 Å². The van der Waals surface area contributed by atoms with Gasteiger partial charge in [0.15, 0.2) is 17.3 Å². The molecule has 9 aliphatic heterocycles. The zero-order chi connectivity index (χ0) is 105. The summed E-state index contributed by atoms with van der Waals surface area (Å²) in [6.45, 7) is 20.7. The van der Waals surface area contributed by atoms with Crippen molar-refractivity contribution in [2.45, 2.75) is 118 Å². The normalized spacial score (nSPS) is 19.5. The highest BCUT2D eigenvalue weighted by molar-refractivity contribution is 8.27. The van der Waals surface area contributed by atoms with Gasteiger partial charge in [0, 0.05) is 147 Å². The highest BCUT2D eigenvalue weighted by Gasteiger charge is 2.55. The number of methoxy groups -OCH3 is 1. The van der Waals surface area contributed by atoms with Gasteiger partial charge in [0.2, 0.25) is 47.1 Å². The van der Waals surface area contributed by atoms with Crippen LogP contribution in [0.25, 0.3) is 32.4 Å². The molecule has 2 aromatic carbocycles. The Hall–Kier alpha value is -15.0. The summed E-state index contributed by atoms with van der Waals surface area (Å²) >= 11 is 4.19. The molecular weight excluding hydrogens is 1950 g/mol. The van der Waals surface area contributed by atoms with Crippen molar-refractivity contribution in [2.75, 3.05) is 157 Å². The Bertz CT molecular complexity index is 7100. The second kappa shape index (κ2) is 44.2. The number of anilines is 6. The van der Waals surface area contributed by atoms with Crippen LogP contribution in [0, 0.1) is 43.3 Å². The molecule has 9 aromatic heterocycles. The van der Waals surface area contributed by atoms with Gasteiger partial charge in [-0.15, -0.1) is 27.8 Å². The Morgan fingerprint density at radius 1 is 0.450 bits per heavy atom. The number of thiazole rings is 2. The lowest BCUT2D eigenvalue weighted by Gasteiger charge is -2.29. The molecule has 6 fully saturated rings. The minimum atomic E-state index is -0.586. The van der Waals surface area contributed by atoms with Gasteiger partial charge >= 0.3 is 0 Å². The number of nitrogen functional groups attached to an aromatic ring is 3. The lowest BCUT2D eigenvalue weighted by atomic mass is 9.85. The number of nitrogens with zero attached hydrogens (tertiary/aromatic N) is 23. The van der Waals surface area contributed by atoms with Gasteiger partial charge in [-0.3, -0.25) is 94.6 Å². The summed E-state index contributed by atoms with van der Waals surface area (Å²) in [6.07, 6.45) is 24.3. The predicted octanol–water partition coefficient (Wildman–Crippen LogP) is 11.1. The van der Waals surface area contributed by atoms with Crippen LogP contribution >= 0.6 is 34.4 Å². The summed E-state index contributed by atoms with van der Waals surface area (Å²) < 4.78 is 27.8. The Balaban J connectivity index is 0.000000146. The number of rotatable bonds is 28. The van der Waals surface area contributed by atoms with Crippen molar-refractivity contribution in [3.63, 3.8) is 0 Å². The first-order valence-corrected chi connectivity index (χ1v) is 52.3. The number of carbonyl (C=O) groups excluding carboxylic acids is 6. The molecule has 6 amide bonds. The number of nitrogens with one attached hydrogen (secondary N) is 5. The third-order valence-electron chi connectivity index (χ3n) is 28.2. The van der Waals surface area contributed by atoms with Gasteiger partial charge in [-0.2, -0.15) is 5.10 Å². The molecule has 20 rings (SSSR count). The van der Waals surface area contributed by atoms with Crippen molar-refractivity contribution in [1.29, 1.82) is 27.0 Å². The van der Waals surface area contributed by atoms with Gasteiger partial charge in [-0.25, -0.2) is 44.9 Å². The fourth-order valence-electron chi connectivity index (χ4n) is 20.2. The minimum absolute atomic E-state index is 0.00155. The van der Waals surface area contributed by atoms with Gasteiger partial charge in [-0.05, 0) is 232 Å². The van der Waals surface area contributed by atoms with Gasteiger partial charge in [0.25, 0.3) is 0 Å². The Morgan fingerprint density at radius 2 is 0.899 bits per heavy atom. The van der Waals surface area contributed by atoms with Crippen LogP contribution in [0.2, 0.25) is 0 Å². The predicted molar refractivity (Wildman–Crippen MR) is 573 cm³/mol. The molecule has 0 aliphatic carbocycles. The number of ether oxygens (including phenoxy) is 4. The first-order valence-electron chi connectivity index (χ1n) is 49.9. The average molecular weight is 2080 g/mol. The van der Waals surface area contributed by atoms with E-state index in [9.17, 15) is 28.8 Å².